The molecule has 128 valence electrons. The lowest BCUT2D eigenvalue weighted by Gasteiger charge is -2.20. The van der Waals surface area contributed by atoms with Crippen LogP contribution in [0.4, 0.5) is 4.79 Å². The molecule has 1 heterocycles. The number of carboxylic acid groups (broad SMARTS) is 1. The summed E-state index contributed by atoms with van der Waals surface area (Å²) in [5.74, 6) is 1.43. The van der Waals surface area contributed by atoms with E-state index in [1.54, 1.807) is 11.3 Å². The Morgan fingerprint density at radius 1 is 1.42 bits per heavy atom. The summed E-state index contributed by atoms with van der Waals surface area (Å²) in [4.78, 5) is 16.8. The minimum absolute atomic E-state index is 0.0392. The third-order valence-electron chi connectivity index (χ3n) is 3.91. The zero-order chi connectivity index (χ0) is 16.9. The third kappa shape index (κ3) is 4.19. The average Bonchev–Trinajstić information content (AvgIpc) is 2.98. The zero-order valence-corrected chi connectivity index (χ0v) is 14.7. The van der Waals surface area contributed by atoms with E-state index < -0.39 is 6.09 Å². The number of amides is 1. The molecule has 0 saturated carbocycles. The smallest absolute Gasteiger partial charge is 0.404 e. The highest BCUT2D eigenvalue weighted by Crippen LogP contribution is 2.33. The number of ether oxygens (including phenoxy) is 1. The van der Waals surface area contributed by atoms with Gasteiger partial charge in [-0.1, -0.05) is 0 Å². The van der Waals surface area contributed by atoms with Gasteiger partial charge in [-0.15, -0.1) is 22.9 Å². The Bertz CT molecular complexity index is 702. The zero-order valence-electron chi connectivity index (χ0n) is 13.1. The van der Waals surface area contributed by atoms with E-state index >= 15 is 0 Å². The molecule has 1 unspecified atom stereocenters. The molecule has 24 heavy (non-hydrogen) atoms. The van der Waals surface area contributed by atoms with Crippen molar-refractivity contribution in [3.63, 3.8) is 0 Å². The Labute approximate surface area is 149 Å². The highest BCUT2D eigenvalue weighted by molar-refractivity contribution is 7.15. The van der Waals surface area contributed by atoms with Crippen LogP contribution in [0.15, 0.2) is 24.3 Å². The third-order valence-corrected chi connectivity index (χ3v) is 5.39. The molecule has 3 rings (SSSR count). The quantitative estimate of drug-likeness (QED) is 0.600. The number of fused-ring (bicyclic) bond motifs is 1. The molecule has 0 spiro atoms. The van der Waals surface area contributed by atoms with E-state index in [9.17, 15) is 4.79 Å². The van der Waals surface area contributed by atoms with Crippen molar-refractivity contribution < 1.29 is 14.6 Å². The van der Waals surface area contributed by atoms with E-state index in [-0.39, 0.29) is 6.04 Å². The number of benzene rings is 1. The van der Waals surface area contributed by atoms with Crippen LogP contribution in [0.2, 0.25) is 0 Å². The van der Waals surface area contributed by atoms with Gasteiger partial charge in [0, 0.05) is 28.8 Å². The van der Waals surface area contributed by atoms with Crippen LogP contribution >= 0.6 is 22.9 Å². The number of nitrogens with zero attached hydrogens (tertiary/aromatic N) is 1. The Morgan fingerprint density at radius 2 is 2.21 bits per heavy atom. The van der Waals surface area contributed by atoms with Crippen molar-refractivity contribution in [3.8, 4) is 16.3 Å². The van der Waals surface area contributed by atoms with Crippen LogP contribution in [0.1, 0.15) is 23.4 Å². The van der Waals surface area contributed by atoms with Gasteiger partial charge in [-0.3, -0.25) is 0 Å². The van der Waals surface area contributed by atoms with Crippen LogP contribution in [0.3, 0.4) is 0 Å². The number of nitrogens with one attached hydrogen (secondary N) is 1. The lowest BCUT2D eigenvalue weighted by atomic mass is 9.98. The van der Waals surface area contributed by atoms with E-state index in [4.69, 9.17) is 26.4 Å². The van der Waals surface area contributed by atoms with Gasteiger partial charge in [0.05, 0.1) is 12.3 Å². The van der Waals surface area contributed by atoms with E-state index in [1.165, 1.54) is 4.88 Å². The van der Waals surface area contributed by atoms with Crippen molar-refractivity contribution in [2.45, 2.75) is 31.7 Å². The first-order valence-corrected chi connectivity index (χ1v) is 9.28. The molecule has 1 aromatic heterocycles. The van der Waals surface area contributed by atoms with Crippen LogP contribution in [-0.2, 0) is 12.8 Å². The summed E-state index contributed by atoms with van der Waals surface area (Å²) in [7, 11) is 0. The maximum absolute atomic E-state index is 10.8. The van der Waals surface area contributed by atoms with Crippen LogP contribution < -0.4 is 10.1 Å². The van der Waals surface area contributed by atoms with Crippen LogP contribution in [0.5, 0.6) is 5.75 Å². The molecular formula is C17H19ClN2O3S. The molecule has 2 aromatic rings. The van der Waals surface area contributed by atoms with E-state index in [0.29, 0.717) is 18.9 Å². The lowest BCUT2D eigenvalue weighted by Crippen LogP contribution is -2.37. The standard InChI is InChI=1S/C17H19ClN2O3S/c18-8-1-9-23-13-5-2-11(3-6-13)16-20-14-10-12(19-17(21)22)4-7-15(14)24-16/h2-3,5-6,12,19H,1,4,7-10H2,(H,21,22). The maximum Gasteiger partial charge on any atom is 0.404 e. The molecular weight excluding hydrogens is 348 g/mol. The van der Waals surface area contributed by atoms with E-state index in [0.717, 1.165) is 41.3 Å². The number of aryl methyl sites for hydroxylation is 1. The monoisotopic (exact) mass is 366 g/mol. The molecule has 0 bridgehead atoms. The molecule has 0 saturated heterocycles. The maximum atomic E-state index is 10.8. The largest absolute Gasteiger partial charge is 0.494 e. The van der Waals surface area contributed by atoms with E-state index in [1.807, 2.05) is 24.3 Å². The summed E-state index contributed by atoms with van der Waals surface area (Å²) in [6.45, 7) is 0.617. The predicted molar refractivity (Wildman–Crippen MR) is 95.4 cm³/mol. The molecule has 0 radical (unpaired) electrons. The first-order valence-electron chi connectivity index (χ1n) is 7.93. The fraction of sp³-hybridized carbons (Fsp3) is 0.412. The number of halogens is 1. The van der Waals surface area contributed by atoms with E-state index in [2.05, 4.69) is 5.32 Å². The molecule has 1 amide bonds. The number of aromatic nitrogens is 1. The summed E-state index contributed by atoms with van der Waals surface area (Å²) in [6, 6.07) is 7.86. The van der Waals surface area contributed by atoms with Crippen molar-refractivity contribution in [1.29, 1.82) is 0 Å². The number of carbonyl (C=O) groups is 1. The van der Waals surface area contributed by atoms with Gasteiger partial charge in [0.15, 0.2) is 0 Å². The first kappa shape index (κ1) is 17.0. The second-order valence-electron chi connectivity index (χ2n) is 5.69. The number of alkyl halides is 1. The number of thiazole rings is 1. The van der Waals surface area contributed by atoms with Crippen LogP contribution in [-0.4, -0.2) is 34.7 Å². The summed E-state index contributed by atoms with van der Waals surface area (Å²) in [5.41, 5.74) is 2.07. The Hall–Kier alpha value is -1.79. The average molecular weight is 367 g/mol. The van der Waals surface area contributed by atoms with Gasteiger partial charge in [0.25, 0.3) is 0 Å². The molecule has 7 heteroatoms. The topological polar surface area (TPSA) is 71.5 Å². The summed E-state index contributed by atoms with van der Waals surface area (Å²) >= 11 is 7.33. The minimum Gasteiger partial charge on any atom is -0.494 e. The molecule has 2 N–H and O–H groups in total. The van der Waals surface area contributed by atoms with Gasteiger partial charge in [-0.05, 0) is 43.5 Å². The van der Waals surface area contributed by atoms with Gasteiger partial charge in [0.2, 0.25) is 0 Å². The lowest BCUT2D eigenvalue weighted by molar-refractivity contribution is 0.188. The van der Waals surface area contributed by atoms with Crippen molar-refractivity contribution >= 4 is 29.0 Å². The second kappa shape index (κ2) is 7.85. The minimum atomic E-state index is -0.969. The van der Waals surface area contributed by atoms with Crippen molar-refractivity contribution in [2.24, 2.45) is 0 Å². The Kier molecular flexibility index (Phi) is 5.58. The molecule has 5 nitrogen and oxygen atoms in total. The number of hydrogen-bond donors (Lipinski definition) is 2. The van der Waals surface area contributed by atoms with Gasteiger partial charge >= 0.3 is 6.09 Å². The van der Waals surface area contributed by atoms with Crippen LogP contribution in [0.25, 0.3) is 10.6 Å². The van der Waals surface area contributed by atoms with Crippen LogP contribution in [0, 0.1) is 0 Å². The highest BCUT2D eigenvalue weighted by Gasteiger charge is 2.24. The predicted octanol–water partition coefficient (Wildman–Crippen LogP) is 3.94. The second-order valence-corrected chi connectivity index (χ2v) is 7.16. The Morgan fingerprint density at radius 3 is 2.92 bits per heavy atom. The van der Waals surface area contributed by atoms with Crippen molar-refractivity contribution in [3.05, 3.63) is 34.8 Å². The Balaban J connectivity index is 1.68. The number of rotatable bonds is 6. The molecule has 1 atom stereocenters. The number of hydrogen-bond acceptors (Lipinski definition) is 4. The summed E-state index contributed by atoms with van der Waals surface area (Å²) in [5, 5.41) is 12.4. The highest BCUT2D eigenvalue weighted by atomic mass is 35.5. The molecule has 0 aliphatic heterocycles. The van der Waals surface area contributed by atoms with Crippen molar-refractivity contribution in [1.82, 2.24) is 10.3 Å². The van der Waals surface area contributed by atoms with Gasteiger partial charge in [0.1, 0.15) is 10.8 Å². The van der Waals surface area contributed by atoms with Gasteiger partial charge in [-0.2, -0.15) is 0 Å². The van der Waals surface area contributed by atoms with Gasteiger partial charge in [-0.25, -0.2) is 9.78 Å². The van der Waals surface area contributed by atoms with Crippen molar-refractivity contribution in [2.75, 3.05) is 12.5 Å². The molecule has 1 aliphatic rings. The first-order chi connectivity index (χ1) is 11.7. The summed E-state index contributed by atoms with van der Waals surface area (Å²) in [6.07, 6.45) is 2.22. The fourth-order valence-corrected chi connectivity index (χ4v) is 3.96. The summed E-state index contributed by atoms with van der Waals surface area (Å²) < 4.78 is 5.60. The SMILES string of the molecule is O=C(O)NC1CCc2sc(-c3ccc(OCCCCl)cc3)nc2C1. The molecule has 1 aliphatic carbocycles. The van der Waals surface area contributed by atoms with Gasteiger partial charge < -0.3 is 15.2 Å². The molecule has 1 aromatic carbocycles. The molecule has 0 fully saturated rings. The fourth-order valence-electron chi connectivity index (χ4n) is 2.74. The normalized spacial score (nSPS) is 16.5.